The Balaban J connectivity index is 2.65. The van der Waals surface area contributed by atoms with E-state index in [0.29, 0.717) is 6.54 Å². The molecule has 0 aromatic carbocycles. The van der Waals surface area contributed by atoms with Gasteiger partial charge in [0.2, 0.25) is 0 Å². The Morgan fingerprint density at radius 1 is 1.82 bits per heavy atom. The fourth-order valence-corrected chi connectivity index (χ4v) is 1.55. The first kappa shape index (κ1) is 8.27. The van der Waals surface area contributed by atoms with Gasteiger partial charge in [0.25, 0.3) is 0 Å². The highest BCUT2D eigenvalue weighted by Crippen LogP contribution is 2.30. The van der Waals surface area contributed by atoms with Crippen molar-refractivity contribution in [3.05, 3.63) is 11.6 Å². The van der Waals surface area contributed by atoms with Gasteiger partial charge in [0.15, 0.2) is 0 Å². The quantitative estimate of drug-likeness (QED) is 0.578. The second-order valence-electron chi connectivity index (χ2n) is 2.80. The van der Waals surface area contributed by atoms with Crippen LogP contribution in [-0.4, -0.2) is 17.6 Å². The molecule has 1 saturated carbocycles. The fraction of sp³-hybridized carbons (Fsp3) is 0.625. The standard InChI is InChI=1S/C8H13NO2/c9-5-4-6-2-1-3-7(6)8(10)11/h4,7H,1-3,5,9H2,(H,10,11). The largest absolute Gasteiger partial charge is 0.481 e. The van der Waals surface area contributed by atoms with Crippen LogP contribution in [0.5, 0.6) is 0 Å². The third kappa shape index (κ3) is 1.80. The second-order valence-corrected chi connectivity index (χ2v) is 2.80. The maximum Gasteiger partial charge on any atom is 0.310 e. The molecule has 0 radical (unpaired) electrons. The third-order valence-corrected chi connectivity index (χ3v) is 2.08. The van der Waals surface area contributed by atoms with E-state index in [-0.39, 0.29) is 5.92 Å². The van der Waals surface area contributed by atoms with Gasteiger partial charge in [-0.15, -0.1) is 0 Å². The Kier molecular flexibility index (Phi) is 2.65. The Bertz CT molecular complexity index is 187. The van der Waals surface area contributed by atoms with Crippen LogP contribution in [0.2, 0.25) is 0 Å². The van der Waals surface area contributed by atoms with E-state index in [1.165, 1.54) is 0 Å². The van der Waals surface area contributed by atoms with Crippen LogP contribution in [-0.2, 0) is 4.79 Å². The number of carboxylic acids is 1. The van der Waals surface area contributed by atoms with Gasteiger partial charge in [-0.2, -0.15) is 0 Å². The van der Waals surface area contributed by atoms with Crippen LogP contribution in [0, 0.1) is 5.92 Å². The molecule has 0 bridgehead atoms. The average Bonchev–Trinajstić information content (AvgIpc) is 2.36. The summed E-state index contributed by atoms with van der Waals surface area (Å²) < 4.78 is 0. The number of nitrogens with two attached hydrogens (primary N) is 1. The lowest BCUT2D eigenvalue weighted by Gasteiger charge is -2.04. The first-order chi connectivity index (χ1) is 5.25. The zero-order valence-corrected chi connectivity index (χ0v) is 6.42. The molecule has 11 heavy (non-hydrogen) atoms. The van der Waals surface area contributed by atoms with E-state index in [4.69, 9.17) is 10.8 Å². The van der Waals surface area contributed by atoms with Crippen molar-refractivity contribution in [2.75, 3.05) is 6.54 Å². The number of rotatable bonds is 2. The topological polar surface area (TPSA) is 63.3 Å². The van der Waals surface area contributed by atoms with E-state index >= 15 is 0 Å². The minimum Gasteiger partial charge on any atom is -0.481 e. The smallest absolute Gasteiger partial charge is 0.310 e. The molecule has 1 unspecified atom stereocenters. The number of carboxylic acid groups (broad SMARTS) is 1. The van der Waals surface area contributed by atoms with E-state index in [0.717, 1.165) is 24.8 Å². The van der Waals surface area contributed by atoms with Gasteiger partial charge in [-0.3, -0.25) is 4.79 Å². The molecule has 1 aliphatic rings. The fourth-order valence-electron chi connectivity index (χ4n) is 1.55. The number of hydrogen-bond acceptors (Lipinski definition) is 2. The maximum absolute atomic E-state index is 10.6. The molecule has 1 fully saturated rings. The van der Waals surface area contributed by atoms with Crippen LogP contribution in [0.25, 0.3) is 0 Å². The monoisotopic (exact) mass is 155 g/mol. The Hall–Kier alpha value is -0.830. The van der Waals surface area contributed by atoms with Crippen LogP contribution in [0.1, 0.15) is 19.3 Å². The predicted octanol–water partition coefficient (Wildman–Crippen LogP) is 0.756. The third-order valence-electron chi connectivity index (χ3n) is 2.08. The summed E-state index contributed by atoms with van der Waals surface area (Å²) in [6.45, 7) is 0.457. The highest BCUT2D eigenvalue weighted by molar-refractivity contribution is 5.74. The normalized spacial score (nSPS) is 27.7. The van der Waals surface area contributed by atoms with Gasteiger partial charge in [0, 0.05) is 6.54 Å². The van der Waals surface area contributed by atoms with E-state index in [2.05, 4.69) is 0 Å². The molecule has 1 atom stereocenters. The van der Waals surface area contributed by atoms with Crippen molar-refractivity contribution in [2.45, 2.75) is 19.3 Å². The van der Waals surface area contributed by atoms with E-state index < -0.39 is 5.97 Å². The summed E-state index contributed by atoms with van der Waals surface area (Å²) in [6, 6.07) is 0. The lowest BCUT2D eigenvalue weighted by atomic mass is 10.0. The Morgan fingerprint density at radius 3 is 3.09 bits per heavy atom. The van der Waals surface area contributed by atoms with E-state index in [1.807, 2.05) is 6.08 Å². The first-order valence-corrected chi connectivity index (χ1v) is 3.87. The van der Waals surface area contributed by atoms with Crippen molar-refractivity contribution in [2.24, 2.45) is 11.7 Å². The van der Waals surface area contributed by atoms with Crippen molar-refractivity contribution in [3.63, 3.8) is 0 Å². The van der Waals surface area contributed by atoms with Crippen molar-refractivity contribution >= 4 is 5.97 Å². The van der Waals surface area contributed by atoms with Crippen molar-refractivity contribution < 1.29 is 9.90 Å². The van der Waals surface area contributed by atoms with Gasteiger partial charge in [0.05, 0.1) is 5.92 Å². The molecule has 62 valence electrons. The minimum atomic E-state index is -0.706. The van der Waals surface area contributed by atoms with Crippen LogP contribution >= 0.6 is 0 Å². The lowest BCUT2D eigenvalue weighted by Crippen LogP contribution is -2.12. The molecule has 0 amide bonds. The van der Waals surface area contributed by atoms with Gasteiger partial charge in [0.1, 0.15) is 0 Å². The molecule has 0 aromatic rings. The van der Waals surface area contributed by atoms with E-state index in [1.54, 1.807) is 0 Å². The predicted molar refractivity (Wildman–Crippen MR) is 42.1 cm³/mol. The molecule has 1 rings (SSSR count). The van der Waals surface area contributed by atoms with Crippen molar-refractivity contribution in [1.82, 2.24) is 0 Å². The highest BCUT2D eigenvalue weighted by Gasteiger charge is 2.26. The summed E-state index contributed by atoms with van der Waals surface area (Å²) >= 11 is 0. The highest BCUT2D eigenvalue weighted by atomic mass is 16.4. The van der Waals surface area contributed by atoms with Crippen molar-refractivity contribution in [3.8, 4) is 0 Å². The molecule has 3 N–H and O–H groups in total. The zero-order chi connectivity index (χ0) is 8.27. The number of carbonyl (C=O) groups is 1. The van der Waals surface area contributed by atoms with Crippen LogP contribution in [0.4, 0.5) is 0 Å². The maximum atomic E-state index is 10.6. The Labute approximate surface area is 65.9 Å². The molecule has 0 aromatic heterocycles. The molecule has 0 spiro atoms. The molecule has 0 heterocycles. The van der Waals surface area contributed by atoms with Gasteiger partial charge >= 0.3 is 5.97 Å². The first-order valence-electron chi connectivity index (χ1n) is 3.87. The van der Waals surface area contributed by atoms with Crippen LogP contribution < -0.4 is 5.73 Å². The summed E-state index contributed by atoms with van der Waals surface area (Å²) in [5, 5.41) is 8.73. The molecule has 3 heteroatoms. The lowest BCUT2D eigenvalue weighted by molar-refractivity contribution is -0.140. The summed E-state index contributed by atoms with van der Waals surface area (Å²) in [5.74, 6) is -0.958. The molecule has 3 nitrogen and oxygen atoms in total. The van der Waals surface area contributed by atoms with Gasteiger partial charge in [-0.25, -0.2) is 0 Å². The van der Waals surface area contributed by atoms with Crippen LogP contribution in [0.15, 0.2) is 11.6 Å². The average molecular weight is 155 g/mol. The summed E-state index contributed by atoms with van der Waals surface area (Å²) in [7, 11) is 0. The molecular weight excluding hydrogens is 142 g/mol. The van der Waals surface area contributed by atoms with Gasteiger partial charge < -0.3 is 10.8 Å². The minimum absolute atomic E-state index is 0.251. The zero-order valence-electron chi connectivity index (χ0n) is 6.42. The molecule has 1 aliphatic carbocycles. The number of aliphatic carboxylic acids is 1. The summed E-state index contributed by atoms with van der Waals surface area (Å²) in [5.41, 5.74) is 6.32. The van der Waals surface area contributed by atoms with Gasteiger partial charge in [-0.05, 0) is 19.3 Å². The Morgan fingerprint density at radius 2 is 2.55 bits per heavy atom. The van der Waals surface area contributed by atoms with Gasteiger partial charge in [-0.1, -0.05) is 11.6 Å². The summed E-state index contributed by atoms with van der Waals surface area (Å²) in [6.07, 6.45) is 4.52. The van der Waals surface area contributed by atoms with Crippen molar-refractivity contribution in [1.29, 1.82) is 0 Å². The van der Waals surface area contributed by atoms with Crippen LogP contribution in [0.3, 0.4) is 0 Å². The molecule has 0 aliphatic heterocycles. The molecular formula is C8H13NO2. The van der Waals surface area contributed by atoms with E-state index in [9.17, 15) is 4.79 Å². The molecule has 0 saturated heterocycles. The second kappa shape index (κ2) is 3.53. The SMILES string of the molecule is NCC=C1CCCC1C(=O)O. The summed E-state index contributed by atoms with van der Waals surface area (Å²) in [4.78, 5) is 10.6. The number of hydrogen-bond donors (Lipinski definition) is 2.